The number of fused-ring (bicyclic) bond motifs is 1. The van der Waals surface area contributed by atoms with Gasteiger partial charge in [-0.3, -0.25) is 4.79 Å². The fraction of sp³-hybridized carbons (Fsp3) is 0.471. The highest BCUT2D eigenvalue weighted by Gasteiger charge is 2.54. The molecule has 0 radical (unpaired) electrons. The summed E-state index contributed by atoms with van der Waals surface area (Å²) in [5, 5.41) is 0. The summed E-state index contributed by atoms with van der Waals surface area (Å²) in [5.74, 6) is -0.00545. The normalized spacial score (nSPS) is 28.9. The molecule has 1 aromatic rings. The Morgan fingerprint density at radius 1 is 1.45 bits per heavy atom. The van der Waals surface area contributed by atoms with Gasteiger partial charge in [0.05, 0.1) is 11.6 Å². The van der Waals surface area contributed by atoms with Gasteiger partial charge in [0.1, 0.15) is 5.82 Å². The number of rotatable bonds is 2. The largest absolute Gasteiger partial charge is 0.326 e. The summed E-state index contributed by atoms with van der Waals surface area (Å²) in [6.07, 6.45) is 3.18. The van der Waals surface area contributed by atoms with E-state index in [0.29, 0.717) is 12.0 Å². The first-order chi connectivity index (χ1) is 9.47. The van der Waals surface area contributed by atoms with Gasteiger partial charge < -0.3 is 4.90 Å². The second-order valence-corrected chi connectivity index (χ2v) is 6.11. The van der Waals surface area contributed by atoms with E-state index < -0.39 is 0 Å². The standard InChI is InChI=1S/C17H20FNO/c1-11(2)15-7-9-17(10-8-16(20)19(15)17)13-5-4-6-14(18)12(13)3/h4-6,15H,1,7-10H2,2-3H3/t15-,17-/m1/s1. The summed E-state index contributed by atoms with van der Waals surface area (Å²) in [6, 6.07) is 5.32. The van der Waals surface area contributed by atoms with Crippen molar-refractivity contribution in [2.45, 2.75) is 51.1 Å². The van der Waals surface area contributed by atoms with Gasteiger partial charge in [0.2, 0.25) is 5.91 Å². The lowest BCUT2D eigenvalue weighted by atomic mass is 9.83. The van der Waals surface area contributed by atoms with Gasteiger partial charge in [-0.2, -0.15) is 0 Å². The van der Waals surface area contributed by atoms with E-state index in [1.807, 2.05) is 24.8 Å². The molecule has 0 aliphatic carbocycles. The Bertz CT molecular complexity index is 595. The van der Waals surface area contributed by atoms with Crippen LogP contribution in [-0.4, -0.2) is 16.8 Å². The molecular formula is C17H20FNO. The summed E-state index contributed by atoms with van der Waals surface area (Å²) in [6.45, 7) is 7.82. The Morgan fingerprint density at radius 3 is 2.90 bits per heavy atom. The molecule has 106 valence electrons. The molecule has 2 fully saturated rings. The molecule has 1 amide bonds. The van der Waals surface area contributed by atoms with Crippen molar-refractivity contribution >= 4 is 5.91 Å². The van der Waals surface area contributed by atoms with Gasteiger partial charge in [-0.25, -0.2) is 4.39 Å². The lowest BCUT2D eigenvalue weighted by molar-refractivity contribution is -0.131. The summed E-state index contributed by atoms with van der Waals surface area (Å²) in [7, 11) is 0. The van der Waals surface area contributed by atoms with Crippen LogP contribution in [0.4, 0.5) is 4.39 Å². The van der Waals surface area contributed by atoms with Crippen molar-refractivity contribution in [3.8, 4) is 0 Å². The first-order valence-corrected chi connectivity index (χ1v) is 7.20. The maximum atomic E-state index is 13.9. The molecule has 2 nitrogen and oxygen atoms in total. The van der Waals surface area contributed by atoms with Crippen LogP contribution in [0.1, 0.15) is 43.7 Å². The van der Waals surface area contributed by atoms with Crippen LogP contribution >= 0.6 is 0 Å². The van der Waals surface area contributed by atoms with Gasteiger partial charge in [-0.05, 0) is 50.3 Å². The molecule has 1 aromatic carbocycles. The molecule has 0 unspecified atom stereocenters. The Kier molecular flexibility index (Phi) is 2.96. The lowest BCUT2D eigenvalue weighted by Gasteiger charge is -2.37. The first kappa shape index (κ1) is 13.3. The molecule has 3 heteroatoms. The number of carbonyl (C=O) groups is 1. The predicted molar refractivity (Wildman–Crippen MR) is 76.7 cm³/mol. The van der Waals surface area contributed by atoms with Gasteiger partial charge >= 0.3 is 0 Å². The summed E-state index contributed by atoms with van der Waals surface area (Å²) < 4.78 is 13.9. The maximum Gasteiger partial charge on any atom is 0.223 e. The van der Waals surface area contributed by atoms with E-state index >= 15 is 0 Å². The van der Waals surface area contributed by atoms with Crippen LogP contribution < -0.4 is 0 Å². The van der Waals surface area contributed by atoms with Crippen LogP contribution in [-0.2, 0) is 10.3 Å². The van der Waals surface area contributed by atoms with E-state index in [1.165, 1.54) is 6.07 Å². The molecule has 2 heterocycles. The average Bonchev–Trinajstić information content (AvgIpc) is 2.93. The van der Waals surface area contributed by atoms with Crippen molar-refractivity contribution in [3.05, 3.63) is 47.3 Å². The number of nitrogens with zero attached hydrogens (tertiary/aromatic N) is 1. The number of amides is 1. The minimum absolute atomic E-state index is 0.104. The summed E-state index contributed by atoms with van der Waals surface area (Å²) in [4.78, 5) is 14.3. The number of hydrogen-bond acceptors (Lipinski definition) is 1. The minimum atomic E-state index is -0.313. The SMILES string of the molecule is C=C(C)[C@H]1CC[C@]2(c3cccc(F)c3C)CCC(=O)N12. The van der Waals surface area contributed by atoms with Crippen LogP contribution in [0.25, 0.3) is 0 Å². The Balaban J connectivity index is 2.13. The summed E-state index contributed by atoms with van der Waals surface area (Å²) >= 11 is 0. The molecule has 2 atom stereocenters. The third-order valence-electron chi connectivity index (χ3n) is 4.96. The zero-order chi connectivity index (χ0) is 14.5. The molecule has 0 saturated carbocycles. The van der Waals surface area contributed by atoms with Crippen LogP contribution in [0, 0.1) is 12.7 Å². The quantitative estimate of drug-likeness (QED) is 0.753. The molecule has 0 spiro atoms. The van der Waals surface area contributed by atoms with Crippen molar-refractivity contribution in [1.82, 2.24) is 4.90 Å². The van der Waals surface area contributed by atoms with Crippen molar-refractivity contribution in [2.75, 3.05) is 0 Å². The number of benzene rings is 1. The molecule has 0 bridgehead atoms. The number of halogens is 1. The summed E-state index contributed by atoms with van der Waals surface area (Å²) in [5.41, 5.74) is 2.37. The predicted octanol–water partition coefficient (Wildman–Crippen LogP) is 3.69. The smallest absolute Gasteiger partial charge is 0.223 e. The molecule has 2 saturated heterocycles. The zero-order valence-corrected chi connectivity index (χ0v) is 12.1. The molecular weight excluding hydrogens is 253 g/mol. The fourth-order valence-corrected chi connectivity index (χ4v) is 3.99. The van der Waals surface area contributed by atoms with Crippen molar-refractivity contribution in [3.63, 3.8) is 0 Å². The van der Waals surface area contributed by atoms with E-state index in [9.17, 15) is 9.18 Å². The molecule has 20 heavy (non-hydrogen) atoms. The van der Waals surface area contributed by atoms with Gasteiger partial charge in [-0.1, -0.05) is 24.3 Å². The van der Waals surface area contributed by atoms with Crippen molar-refractivity contribution in [2.24, 2.45) is 0 Å². The molecule has 2 aliphatic heterocycles. The van der Waals surface area contributed by atoms with E-state index in [-0.39, 0.29) is 23.3 Å². The van der Waals surface area contributed by atoms with Crippen LogP contribution in [0.15, 0.2) is 30.4 Å². The Labute approximate surface area is 119 Å². The third kappa shape index (κ3) is 1.65. The minimum Gasteiger partial charge on any atom is -0.326 e. The highest BCUT2D eigenvalue weighted by atomic mass is 19.1. The van der Waals surface area contributed by atoms with Gasteiger partial charge in [0, 0.05) is 6.42 Å². The Hall–Kier alpha value is -1.64. The van der Waals surface area contributed by atoms with Crippen molar-refractivity contribution < 1.29 is 9.18 Å². The second-order valence-electron chi connectivity index (χ2n) is 6.11. The molecule has 3 rings (SSSR count). The van der Waals surface area contributed by atoms with Crippen LogP contribution in [0.2, 0.25) is 0 Å². The monoisotopic (exact) mass is 273 g/mol. The highest BCUT2D eigenvalue weighted by molar-refractivity contribution is 5.81. The van der Waals surface area contributed by atoms with E-state index in [2.05, 4.69) is 6.58 Å². The number of hydrogen-bond donors (Lipinski definition) is 0. The molecule has 2 aliphatic rings. The lowest BCUT2D eigenvalue weighted by Crippen LogP contribution is -2.43. The fourth-order valence-electron chi connectivity index (χ4n) is 3.99. The Morgan fingerprint density at radius 2 is 2.20 bits per heavy atom. The van der Waals surface area contributed by atoms with Crippen molar-refractivity contribution in [1.29, 1.82) is 0 Å². The van der Waals surface area contributed by atoms with E-state index in [1.54, 1.807) is 6.07 Å². The maximum absolute atomic E-state index is 13.9. The van der Waals surface area contributed by atoms with Crippen LogP contribution in [0.3, 0.4) is 0 Å². The van der Waals surface area contributed by atoms with Gasteiger partial charge in [-0.15, -0.1) is 0 Å². The highest BCUT2D eigenvalue weighted by Crippen LogP contribution is 2.52. The van der Waals surface area contributed by atoms with E-state index in [0.717, 1.165) is 30.4 Å². The third-order valence-corrected chi connectivity index (χ3v) is 4.96. The average molecular weight is 273 g/mol. The van der Waals surface area contributed by atoms with Gasteiger partial charge in [0.15, 0.2) is 0 Å². The first-order valence-electron chi connectivity index (χ1n) is 7.20. The van der Waals surface area contributed by atoms with Gasteiger partial charge in [0.25, 0.3) is 0 Å². The van der Waals surface area contributed by atoms with E-state index in [4.69, 9.17) is 0 Å². The second kappa shape index (κ2) is 4.44. The topological polar surface area (TPSA) is 20.3 Å². The molecule has 0 aromatic heterocycles. The zero-order valence-electron chi connectivity index (χ0n) is 12.1. The molecule has 0 N–H and O–H groups in total. The van der Waals surface area contributed by atoms with Crippen LogP contribution in [0.5, 0.6) is 0 Å². The number of carbonyl (C=O) groups excluding carboxylic acids is 1.